The number of hydrogen-bond donors (Lipinski definition) is 3. The highest BCUT2D eigenvalue weighted by atomic mass is 16.3. The molecule has 6 heteroatoms. The van der Waals surface area contributed by atoms with E-state index >= 15 is 0 Å². The first-order valence-electron chi connectivity index (χ1n) is 8.67. The van der Waals surface area contributed by atoms with Crippen molar-refractivity contribution in [3.8, 4) is 0 Å². The SMILES string of the molecule is CC(C)(C)C(CO)N(C(=O)C1(C(N)=O)CCC1)C(CO)C(C)(C)C. The van der Waals surface area contributed by atoms with Crippen LogP contribution in [0.1, 0.15) is 60.8 Å². The highest BCUT2D eigenvalue weighted by Gasteiger charge is 2.55. The molecular weight excluding hydrogens is 308 g/mol. The van der Waals surface area contributed by atoms with Gasteiger partial charge in [-0.1, -0.05) is 48.0 Å². The van der Waals surface area contributed by atoms with Gasteiger partial charge in [0.2, 0.25) is 11.8 Å². The van der Waals surface area contributed by atoms with Gasteiger partial charge < -0.3 is 20.8 Å². The first-order chi connectivity index (χ1) is 10.8. The van der Waals surface area contributed by atoms with Gasteiger partial charge in [-0.05, 0) is 23.7 Å². The van der Waals surface area contributed by atoms with Crippen molar-refractivity contribution in [3.05, 3.63) is 0 Å². The van der Waals surface area contributed by atoms with Gasteiger partial charge in [-0.2, -0.15) is 0 Å². The molecule has 0 aromatic rings. The predicted molar refractivity (Wildman–Crippen MR) is 93.0 cm³/mol. The zero-order valence-corrected chi connectivity index (χ0v) is 15.9. The molecule has 6 nitrogen and oxygen atoms in total. The van der Waals surface area contributed by atoms with Crippen molar-refractivity contribution >= 4 is 11.8 Å². The smallest absolute Gasteiger partial charge is 0.238 e. The molecule has 0 spiro atoms. The third-order valence-corrected chi connectivity index (χ3v) is 5.34. The van der Waals surface area contributed by atoms with Gasteiger partial charge in [0.15, 0.2) is 0 Å². The van der Waals surface area contributed by atoms with Crippen LogP contribution in [0, 0.1) is 16.2 Å². The van der Waals surface area contributed by atoms with Crippen molar-refractivity contribution in [1.29, 1.82) is 0 Å². The van der Waals surface area contributed by atoms with Crippen molar-refractivity contribution in [2.45, 2.75) is 72.9 Å². The van der Waals surface area contributed by atoms with Crippen molar-refractivity contribution in [2.24, 2.45) is 22.0 Å². The van der Waals surface area contributed by atoms with E-state index in [1.165, 1.54) is 0 Å². The molecule has 0 aliphatic heterocycles. The van der Waals surface area contributed by atoms with Gasteiger partial charge in [0, 0.05) is 0 Å². The van der Waals surface area contributed by atoms with Crippen molar-refractivity contribution in [3.63, 3.8) is 0 Å². The fourth-order valence-corrected chi connectivity index (χ4v) is 3.40. The number of amides is 2. The number of carbonyl (C=O) groups excluding carboxylic acids is 2. The Hall–Kier alpha value is -1.14. The Morgan fingerprint density at radius 1 is 1.00 bits per heavy atom. The summed E-state index contributed by atoms with van der Waals surface area (Å²) >= 11 is 0. The number of aliphatic hydroxyl groups excluding tert-OH is 2. The maximum Gasteiger partial charge on any atom is 0.238 e. The molecule has 1 rings (SSSR count). The average Bonchev–Trinajstić information content (AvgIpc) is 2.33. The van der Waals surface area contributed by atoms with E-state index in [0.717, 1.165) is 6.42 Å². The monoisotopic (exact) mass is 342 g/mol. The summed E-state index contributed by atoms with van der Waals surface area (Å²) in [6.45, 7) is 11.1. The standard InChI is InChI=1S/C18H34N2O4/c1-16(2,3)12(10-21)20(13(11-22)17(4,5)6)15(24)18(14(19)23)8-7-9-18/h12-13,21-22H,7-11H2,1-6H3,(H2,19,23). The molecule has 24 heavy (non-hydrogen) atoms. The van der Waals surface area contributed by atoms with Gasteiger partial charge in [-0.3, -0.25) is 9.59 Å². The van der Waals surface area contributed by atoms with Gasteiger partial charge in [-0.25, -0.2) is 0 Å². The fourth-order valence-electron chi connectivity index (χ4n) is 3.40. The van der Waals surface area contributed by atoms with E-state index < -0.39 is 34.2 Å². The lowest BCUT2D eigenvalue weighted by atomic mass is 9.66. The Balaban J connectivity index is 3.42. The lowest BCUT2D eigenvalue weighted by Crippen LogP contribution is -2.65. The molecule has 1 aliphatic carbocycles. The Kier molecular flexibility index (Phi) is 6.10. The molecule has 0 aromatic heterocycles. The van der Waals surface area contributed by atoms with Crippen LogP contribution >= 0.6 is 0 Å². The van der Waals surface area contributed by atoms with Crippen LogP contribution in [0.5, 0.6) is 0 Å². The summed E-state index contributed by atoms with van der Waals surface area (Å²) < 4.78 is 0. The topological polar surface area (TPSA) is 104 Å². The summed E-state index contributed by atoms with van der Waals surface area (Å²) in [5.74, 6) is -0.968. The molecule has 0 heterocycles. The Morgan fingerprint density at radius 3 is 1.54 bits per heavy atom. The van der Waals surface area contributed by atoms with E-state index in [9.17, 15) is 19.8 Å². The second kappa shape index (κ2) is 7.00. The van der Waals surface area contributed by atoms with Crippen molar-refractivity contribution in [2.75, 3.05) is 13.2 Å². The van der Waals surface area contributed by atoms with Gasteiger partial charge in [-0.15, -0.1) is 0 Å². The minimum absolute atomic E-state index is 0.239. The highest BCUT2D eigenvalue weighted by molar-refractivity contribution is 6.05. The third-order valence-electron chi connectivity index (χ3n) is 5.34. The van der Waals surface area contributed by atoms with Crippen LogP contribution in [0.4, 0.5) is 0 Å². The van der Waals surface area contributed by atoms with Crippen molar-refractivity contribution < 1.29 is 19.8 Å². The highest BCUT2D eigenvalue weighted by Crippen LogP contribution is 2.45. The Labute approximate surface area is 145 Å². The summed E-state index contributed by atoms with van der Waals surface area (Å²) in [4.78, 5) is 27.0. The molecule has 1 aliphatic rings. The summed E-state index contributed by atoms with van der Waals surface area (Å²) in [7, 11) is 0. The van der Waals surface area contributed by atoms with Crippen LogP contribution < -0.4 is 5.73 Å². The van der Waals surface area contributed by atoms with E-state index in [4.69, 9.17) is 5.73 Å². The summed E-state index contributed by atoms with van der Waals surface area (Å²) in [5.41, 5.74) is 3.54. The second-order valence-electron chi connectivity index (χ2n) is 9.14. The Bertz CT molecular complexity index is 450. The first kappa shape index (κ1) is 20.9. The van der Waals surface area contributed by atoms with E-state index in [2.05, 4.69) is 0 Å². The van der Waals surface area contributed by atoms with Gasteiger partial charge in [0.05, 0.1) is 25.3 Å². The molecule has 0 aromatic carbocycles. The fraction of sp³-hybridized carbons (Fsp3) is 0.889. The van der Waals surface area contributed by atoms with E-state index in [0.29, 0.717) is 12.8 Å². The quantitative estimate of drug-likeness (QED) is 0.633. The maximum atomic E-state index is 13.4. The van der Waals surface area contributed by atoms with Crippen LogP contribution in [-0.4, -0.2) is 52.2 Å². The number of nitrogens with zero attached hydrogens (tertiary/aromatic N) is 1. The lowest BCUT2D eigenvalue weighted by molar-refractivity contribution is -0.167. The van der Waals surface area contributed by atoms with Gasteiger partial charge in [0.25, 0.3) is 0 Å². The predicted octanol–water partition coefficient (Wildman–Crippen LogP) is 1.28. The zero-order valence-electron chi connectivity index (χ0n) is 15.9. The molecule has 2 atom stereocenters. The van der Waals surface area contributed by atoms with Gasteiger partial charge in [0.1, 0.15) is 5.41 Å². The normalized spacial score (nSPS) is 20.0. The number of rotatable bonds is 6. The van der Waals surface area contributed by atoms with Crippen LogP contribution in [0.25, 0.3) is 0 Å². The molecule has 0 radical (unpaired) electrons. The summed E-state index contributed by atoms with van der Waals surface area (Å²) in [6.07, 6.45) is 1.64. The Morgan fingerprint density at radius 2 is 1.38 bits per heavy atom. The minimum atomic E-state index is -1.20. The molecule has 1 saturated carbocycles. The number of hydrogen-bond acceptors (Lipinski definition) is 4. The van der Waals surface area contributed by atoms with Crippen LogP contribution in [-0.2, 0) is 9.59 Å². The lowest BCUT2D eigenvalue weighted by Gasteiger charge is -2.51. The van der Waals surface area contributed by atoms with E-state index in [1.807, 2.05) is 41.5 Å². The first-order valence-corrected chi connectivity index (χ1v) is 8.67. The number of aliphatic hydroxyl groups is 2. The van der Waals surface area contributed by atoms with Gasteiger partial charge >= 0.3 is 0 Å². The van der Waals surface area contributed by atoms with E-state index in [1.54, 1.807) is 4.90 Å². The third kappa shape index (κ3) is 3.75. The van der Waals surface area contributed by atoms with Crippen LogP contribution in [0.15, 0.2) is 0 Å². The van der Waals surface area contributed by atoms with E-state index in [-0.39, 0.29) is 19.1 Å². The summed E-state index contributed by atoms with van der Waals surface area (Å²) in [6, 6.07) is -1.03. The number of carbonyl (C=O) groups is 2. The largest absolute Gasteiger partial charge is 0.394 e. The molecule has 1 fully saturated rings. The average molecular weight is 342 g/mol. The molecule has 0 bridgehead atoms. The molecular formula is C18H34N2O4. The number of primary amides is 1. The summed E-state index contributed by atoms with van der Waals surface area (Å²) in [5, 5.41) is 20.0. The van der Waals surface area contributed by atoms with Crippen molar-refractivity contribution in [1.82, 2.24) is 4.90 Å². The molecule has 0 saturated heterocycles. The maximum absolute atomic E-state index is 13.4. The van der Waals surface area contributed by atoms with Crippen LogP contribution in [0.2, 0.25) is 0 Å². The molecule has 2 amide bonds. The molecule has 4 N–H and O–H groups in total. The minimum Gasteiger partial charge on any atom is -0.394 e. The molecule has 140 valence electrons. The number of nitrogens with two attached hydrogens (primary N) is 1. The second-order valence-corrected chi connectivity index (χ2v) is 9.14. The zero-order chi connectivity index (χ0) is 18.9. The molecule has 2 unspecified atom stereocenters. The van der Waals surface area contributed by atoms with Crippen LogP contribution in [0.3, 0.4) is 0 Å².